The van der Waals surface area contributed by atoms with Crippen molar-refractivity contribution in [2.45, 2.75) is 38.1 Å². The summed E-state index contributed by atoms with van der Waals surface area (Å²) in [6.07, 6.45) is 5.36. The van der Waals surface area contributed by atoms with Crippen molar-refractivity contribution in [2.75, 3.05) is 18.1 Å². The molecule has 2 aliphatic rings. The van der Waals surface area contributed by atoms with Crippen molar-refractivity contribution < 1.29 is 5.11 Å². The minimum atomic E-state index is 0.153. The minimum absolute atomic E-state index is 0.153. The van der Waals surface area contributed by atoms with E-state index in [0.717, 1.165) is 50.0 Å². The predicted molar refractivity (Wildman–Crippen MR) is 79.6 cm³/mol. The fraction of sp³-hybridized carbons (Fsp3) is 0.571. The molecule has 1 aliphatic heterocycles. The second-order valence-electron chi connectivity index (χ2n) is 5.36. The number of thiocarbonyl (C=S) groups is 1. The summed E-state index contributed by atoms with van der Waals surface area (Å²) in [6.45, 7) is 1.09. The van der Waals surface area contributed by atoms with Crippen molar-refractivity contribution in [1.29, 1.82) is 0 Å². The lowest BCUT2D eigenvalue weighted by Gasteiger charge is -2.26. The molecule has 0 bridgehead atoms. The van der Waals surface area contributed by atoms with Crippen molar-refractivity contribution in [2.24, 2.45) is 5.73 Å². The number of hydrogen-bond donors (Lipinski definition) is 2. The Hall–Kier alpha value is -1.20. The normalized spacial score (nSPS) is 21.7. The van der Waals surface area contributed by atoms with Crippen LogP contribution in [0.2, 0.25) is 0 Å². The van der Waals surface area contributed by atoms with Crippen molar-refractivity contribution in [3.63, 3.8) is 0 Å². The van der Waals surface area contributed by atoms with Gasteiger partial charge >= 0.3 is 0 Å². The molecule has 0 aromatic carbocycles. The van der Waals surface area contributed by atoms with Gasteiger partial charge in [-0.25, -0.2) is 4.98 Å². The lowest BCUT2D eigenvalue weighted by atomic mass is 10.1. The average molecular weight is 277 g/mol. The van der Waals surface area contributed by atoms with Crippen LogP contribution in [0.15, 0.2) is 6.07 Å². The van der Waals surface area contributed by atoms with E-state index in [1.54, 1.807) is 0 Å². The summed E-state index contributed by atoms with van der Waals surface area (Å²) < 4.78 is 0. The summed E-state index contributed by atoms with van der Waals surface area (Å²) in [7, 11) is 0. The lowest BCUT2D eigenvalue weighted by Crippen LogP contribution is -2.34. The molecule has 4 nitrogen and oxygen atoms in total. The molecule has 1 aromatic rings. The van der Waals surface area contributed by atoms with Crippen molar-refractivity contribution >= 4 is 23.0 Å². The number of pyridine rings is 1. The van der Waals surface area contributed by atoms with Gasteiger partial charge in [0.15, 0.2) is 0 Å². The van der Waals surface area contributed by atoms with Crippen molar-refractivity contribution in [1.82, 2.24) is 4.98 Å². The molecule has 0 amide bonds. The molecule has 0 spiro atoms. The van der Waals surface area contributed by atoms with Gasteiger partial charge in [-0.1, -0.05) is 12.2 Å². The molecule has 1 aliphatic carbocycles. The Morgan fingerprint density at radius 3 is 3.05 bits per heavy atom. The van der Waals surface area contributed by atoms with E-state index >= 15 is 0 Å². The van der Waals surface area contributed by atoms with Gasteiger partial charge < -0.3 is 15.7 Å². The lowest BCUT2D eigenvalue weighted by molar-refractivity contribution is 0.266. The van der Waals surface area contributed by atoms with E-state index in [0.29, 0.717) is 4.99 Å². The Labute approximate surface area is 118 Å². The molecule has 5 heteroatoms. The molecule has 1 unspecified atom stereocenters. The highest BCUT2D eigenvalue weighted by Gasteiger charge is 2.29. The zero-order chi connectivity index (χ0) is 13.4. The first-order valence-electron chi connectivity index (χ1n) is 6.91. The third kappa shape index (κ3) is 2.21. The molecule has 3 rings (SSSR count). The van der Waals surface area contributed by atoms with E-state index in [9.17, 15) is 5.11 Å². The molecule has 0 saturated carbocycles. The maximum atomic E-state index is 9.49. The largest absolute Gasteiger partial charge is 0.394 e. The number of rotatable bonds is 3. The van der Waals surface area contributed by atoms with Crippen LogP contribution >= 0.6 is 12.2 Å². The quantitative estimate of drug-likeness (QED) is 0.812. The van der Waals surface area contributed by atoms with E-state index in [-0.39, 0.29) is 12.6 Å². The smallest absolute Gasteiger partial charge is 0.139 e. The summed E-state index contributed by atoms with van der Waals surface area (Å²) in [5.41, 5.74) is 9.20. The molecule has 102 valence electrons. The molecular weight excluding hydrogens is 258 g/mol. The first-order chi connectivity index (χ1) is 9.20. The Bertz CT molecular complexity index is 518. The zero-order valence-electron chi connectivity index (χ0n) is 10.9. The minimum Gasteiger partial charge on any atom is -0.394 e. The van der Waals surface area contributed by atoms with E-state index in [2.05, 4.69) is 11.0 Å². The van der Waals surface area contributed by atoms with E-state index in [4.69, 9.17) is 22.9 Å². The summed E-state index contributed by atoms with van der Waals surface area (Å²) in [5, 5.41) is 9.49. The van der Waals surface area contributed by atoms with Gasteiger partial charge in [-0.3, -0.25) is 0 Å². The standard InChI is InChI=1S/C14H19N3OS/c15-13(19)11-7-9-3-1-5-12(9)16-14(11)17-6-2-4-10(17)8-18/h7,10,18H,1-6,8H2,(H2,15,19). The number of aliphatic hydroxyl groups is 1. The molecular formula is C14H19N3OS. The van der Waals surface area contributed by atoms with Gasteiger partial charge in [0.2, 0.25) is 0 Å². The summed E-state index contributed by atoms with van der Waals surface area (Å²) >= 11 is 5.18. The number of nitrogens with two attached hydrogens (primary N) is 1. The van der Waals surface area contributed by atoms with E-state index < -0.39 is 0 Å². The van der Waals surface area contributed by atoms with Gasteiger partial charge in [0.25, 0.3) is 0 Å². The van der Waals surface area contributed by atoms with Crippen LogP contribution in [-0.2, 0) is 12.8 Å². The first kappa shape index (κ1) is 12.8. The topological polar surface area (TPSA) is 62.4 Å². The summed E-state index contributed by atoms with van der Waals surface area (Å²) in [4.78, 5) is 7.38. The summed E-state index contributed by atoms with van der Waals surface area (Å²) in [6, 6.07) is 2.26. The van der Waals surface area contributed by atoms with Gasteiger partial charge in [-0.15, -0.1) is 0 Å². The Morgan fingerprint density at radius 1 is 1.47 bits per heavy atom. The van der Waals surface area contributed by atoms with Gasteiger partial charge in [-0.2, -0.15) is 0 Å². The highest BCUT2D eigenvalue weighted by Crippen LogP contribution is 2.31. The van der Waals surface area contributed by atoms with E-state index in [1.165, 1.54) is 11.3 Å². The highest BCUT2D eigenvalue weighted by atomic mass is 32.1. The van der Waals surface area contributed by atoms with Crippen LogP contribution in [0, 0.1) is 0 Å². The van der Waals surface area contributed by atoms with Crippen LogP contribution in [0.1, 0.15) is 36.1 Å². The highest BCUT2D eigenvalue weighted by molar-refractivity contribution is 7.80. The monoisotopic (exact) mass is 277 g/mol. The third-order valence-corrected chi connectivity index (χ3v) is 4.38. The average Bonchev–Trinajstić information content (AvgIpc) is 3.04. The van der Waals surface area contributed by atoms with Crippen LogP contribution in [0.25, 0.3) is 0 Å². The summed E-state index contributed by atoms with van der Waals surface area (Å²) in [5.74, 6) is 0.879. The number of hydrogen-bond acceptors (Lipinski definition) is 4. The second-order valence-corrected chi connectivity index (χ2v) is 5.80. The zero-order valence-corrected chi connectivity index (χ0v) is 11.7. The molecule has 19 heavy (non-hydrogen) atoms. The van der Waals surface area contributed by atoms with Crippen LogP contribution in [0.3, 0.4) is 0 Å². The fourth-order valence-corrected chi connectivity index (χ4v) is 3.32. The van der Waals surface area contributed by atoms with Crippen LogP contribution in [0.5, 0.6) is 0 Å². The molecule has 0 radical (unpaired) electrons. The number of nitrogens with zero attached hydrogens (tertiary/aromatic N) is 2. The Balaban J connectivity index is 2.06. The van der Waals surface area contributed by atoms with Crippen LogP contribution in [0.4, 0.5) is 5.82 Å². The SMILES string of the molecule is NC(=S)c1cc2c(nc1N1CCCC1CO)CCC2. The number of fused-ring (bicyclic) bond motifs is 1. The molecule has 1 fully saturated rings. The van der Waals surface area contributed by atoms with Crippen LogP contribution < -0.4 is 10.6 Å². The number of aromatic nitrogens is 1. The Morgan fingerprint density at radius 2 is 2.32 bits per heavy atom. The molecule has 1 atom stereocenters. The number of aryl methyl sites for hydroxylation is 2. The number of anilines is 1. The van der Waals surface area contributed by atoms with Gasteiger partial charge in [-0.05, 0) is 43.7 Å². The predicted octanol–water partition coefficient (Wildman–Crippen LogP) is 1.17. The maximum Gasteiger partial charge on any atom is 0.139 e. The van der Waals surface area contributed by atoms with Crippen molar-refractivity contribution in [3.8, 4) is 0 Å². The molecule has 1 aromatic heterocycles. The van der Waals surface area contributed by atoms with Crippen molar-refractivity contribution in [3.05, 3.63) is 22.9 Å². The molecule has 2 heterocycles. The maximum absolute atomic E-state index is 9.49. The van der Waals surface area contributed by atoms with Gasteiger partial charge in [0.05, 0.1) is 18.2 Å². The number of aliphatic hydroxyl groups excluding tert-OH is 1. The third-order valence-electron chi connectivity index (χ3n) is 4.16. The van der Waals surface area contributed by atoms with Gasteiger partial charge in [0.1, 0.15) is 10.8 Å². The van der Waals surface area contributed by atoms with Crippen LogP contribution in [-0.4, -0.2) is 34.3 Å². The first-order valence-corrected chi connectivity index (χ1v) is 7.31. The second kappa shape index (κ2) is 5.06. The van der Waals surface area contributed by atoms with Gasteiger partial charge in [0, 0.05) is 12.2 Å². The molecule has 3 N–H and O–H groups in total. The van der Waals surface area contributed by atoms with E-state index in [1.807, 2.05) is 0 Å². The Kier molecular flexibility index (Phi) is 3.41. The fourth-order valence-electron chi connectivity index (χ4n) is 3.17. The molecule has 1 saturated heterocycles.